The largest absolute Gasteiger partial charge is 0.504 e. The SMILES string of the molecule is O=S(=O)(Nc1ccc2cc(OCC3NCCc4cc(O)c(O)cc43)ccc2c1)c1ccc(I)cc1. The van der Waals surface area contributed by atoms with Crippen molar-refractivity contribution in [2.24, 2.45) is 0 Å². The first kappa shape index (κ1) is 23.7. The zero-order valence-electron chi connectivity index (χ0n) is 18.5. The molecule has 0 saturated heterocycles. The number of hydrogen-bond acceptors (Lipinski definition) is 6. The van der Waals surface area contributed by atoms with E-state index in [-0.39, 0.29) is 22.4 Å². The molecular weight excluding hydrogens is 579 g/mol. The molecule has 35 heavy (non-hydrogen) atoms. The first-order valence-corrected chi connectivity index (χ1v) is 13.6. The fraction of sp³-hybridized carbons (Fsp3) is 0.154. The van der Waals surface area contributed by atoms with Crippen molar-refractivity contribution >= 4 is 49.1 Å². The van der Waals surface area contributed by atoms with Gasteiger partial charge in [0.25, 0.3) is 10.0 Å². The highest BCUT2D eigenvalue weighted by molar-refractivity contribution is 14.1. The van der Waals surface area contributed by atoms with Crippen LogP contribution in [0.15, 0.2) is 77.7 Å². The number of hydrogen-bond donors (Lipinski definition) is 4. The predicted octanol–water partition coefficient (Wildman–Crippen LogP) is 4.92. The molecule has 0 bridgehead atoms. The topological polar surface area (TPSA) is 108 Å². The molecule has 180 valence electrons. The van der Waals surface area contributed by atoms with Gasteiger partial charge in [0.05, 0.1) is 10.9 Å². The molecule has 4 aromatic rings. The normalized spacial score (nSPS) is 15.5. The summed E-state index contributed by atoms with van der Waals surface area (Å²) in [5.74, 6) is 0.429. The van der Waals surface area contributed by atoms with Crippen LogP contribution >= 0.6 is 22.6 Å². The van der Waals surface area contributed by atoms with Crippen LogP contribution in [0.5, 0.6) is 17.2 Å². The number of phenols is 2. The van der Waals surface area contributed by atoms with Gasteiger partial charge in [-0.05, 0) is 118 Å². The summed E-state index contributed by atoms with van der Waals surface area (Å²) in [5, 5.41) is 24.9. The van der Waals surface area contributed by atoms with Gasteiger partial charge in [-0.15, -0.1) is 0 Å². The van der Waals surface area contributed by atoms with Gasteiger partial charge in [-0.1, -0.05) is 12.1 Å². The van der Waals surface area contributed by atoms with E-state index in [1.807, 2.05) is 24.3 Å². The van der Waals surface area contributed by atoms with Gasteiger partial charge in [0.15, 0.2) is 11.5 Å². The Morgan fingerprint density at radius 1 is 0.943 bits per heavy atom. The zero-order valence-corrected chi connectivity index (χ0v) is 21.5. The number of phenolic OH excluding ortho intramolecular Hbond substituents is 2. The van der Waals surface area contributed by atoms with Crippen molar-refractivity contribution in [1.29, 1.82) is 0 Å². The molecule has 4 N–H and O–H groups in total. The van der Waals surface area contributed by atoms with E-state index in [1.165, 1.54) is 0 Å². The molecule has 9 heteroatoms. The quantitative estimate of drug-likeness (QED) is 0.184. The van der Waals surface area contributed by atoms with Gasteiger partial charge in [-0.25, -0.2) is 8.42 Å². The Morgan fingerprint density at radius 3 is 2.46 bits per heavy atom. The second-order valence-corrected chi connectivity index (χ2v) is 11.3. The Morgan fingerprint density at radius 2 is 1.66 bits per heavy atom. The molecule has 0 aliphatic carbocycles. The lowest BCUT2D eigenvalue weighted by Gasteiger charge is -2.27. The lowest BCUT2D eigenvalue weighted by Crippen LogP contribution is -2.33. The molecule has 0 saturated carbocycles. The van der Waals surface area contributed by atoms with Gasteiger partial charge in [0, 0.05) is 9.26 Å². The van der Waals surface area contributed by atoms with Crippen molar-refractivity contribution in [2.75, 3.05) is 17.9 Å². The Labute approximate surface area is 217 Å². The molecule has 0 amide bonds. The van der Waals surface area contributed by atoms with E-state index < -0.39 is 10.0 Å². The first-order valence-electron chi connectivity index (χ1n) is 11.0. The maximum atomic E-state index is 12.7. The standard InChI is InChI=1S/C26H23IN2O5S/c27-19-3-7-22(8-4-19)35(32,33)29-20-5-1-17-12-21(6-2-16(17)11-20)34-15-24-23-14-26(31)25(30)13-18(23)9-10-28-24/h1-8,11-14,24,28-31H,9-10,15H2. The average Bonchev–Trinajstić information content (AvgIpc) is 2.83. The molecule has 1 atom stereocenters. The maximum absolute atomic E-state index is 12.7. The van der Waals surface area contributed by atoms with Crippen molar-refractivity contribution in [3.05, 3.63) is 87.5 Å². The van der Waals surface area contributed by atoms with Crippen LogP contribution in [0.2, 0.25) is 0 Å². The second-order valence-electron chi connectivity index (χ2n) is 8.39. The number of ether oxygens (including phenoxy) is 1. The van der Waals surface area contributed by atoms with E-state index in [0.29, 0.717) is 18.0 Å². The lowest BCUT2D eigenvalue weighted by molar-refractivity contribution is 0.261. The fourth-order valence-electron chi connectivity index (χ4n) is 4.20. The number of fused-ring (bicyclic) bond motifs is 2. The maximum Gasteiger partial charge on any atom is 0.261 e. The number of sulfonamides is 1. The number of nitrogens with one attached hydrogen (secondary N) is 2. The third-order valence-electron chi connectivity index (χ3n) is 6.00. The smallest absolute Gasteiger partial charge is 0.261 e. The van der Waals surface area contributed by atoms with E-state index in [1.54, 1.807) is 48.5 Å². The van der Waals surface area contributed by atoms with Crippen LogP contribution in [0.1, 0.15) is 17.2 Å². The molecule has 7 nitrogen and oxygen atoms in total. The van der Waals surface area contributed by atoms with E-state index in [9.17, 15) is 18.6 Å². The summed E-state index contributed by atoms with van der Waals surface area (Å²) in [6, 6.07) is 20.8. The molecule has 4 aromatic carbocycles. The summed E-state index contributed by atoms with van der Waals surface area (Å²) in [4.78, 5) is 0.211. The summed E-state index contributed by atoms with van der Waals surface area (Å²) < 4.78 is 35.0. The third-order valence-corrected chi connectivity index (χ3v) is 8.12. The van der Waals surface area contributed by atoms with Gasteiger partial charge in [0.2, 0.25) is 0 Å². The van der Waals surface area contributed by atoms with Crippen molar-refractivity contribution in [3.63, 3.8) is 0 Å². The molecule has 0 aromatic heterocycles. The van der Waals surface area contributed by atoms with Crippen LogP contribution in [0.3, 0.4) is 0 Å². The van der Waals surface area contributed by atoms with E-state index in [4.69, 9.17) is 4.74 Å². The number of anilines is 1. The van der Waals surface area contributed by atoms with E-state index in [0.717, 1.165) is 38.4 Å². The van der Waals surface area contributed by atoms with Crippen molar-refractivity contribution in [1.82, 2.24) is 5.32 Å². The van der Waals surface area contributed by atoms with E-state index >= 15 is 0 Å². The molecule has 1 heterocycles. The fourth-order valence-corrected chi connectivity index (χ4v) is 5.61. The van der Waals surface area contributed by atoms with Crippen molar-refractivity contribution in [3.8, 4) is 17.2 Å². The minimum Gasteiger partial charge on any atom is -0.504 e. The van der Waals surface area contributed by atoms with Crippen LogP contribution in [-0.4, -0.2) is 31.8 Å². The summed E-state index contributed by atoms with van der Waals surface area (Å²) in [6.45, 7) is 1.11. The summed E-state index contributed by atoms with van der Waals surface area (Å²) in [5.41, 5.74) is 2.39. The molecular formula is C26H23IN2O5S. The van der Waals surface area contributed by atoms with Gasteiger partial charge in [-0.3, -0.25) is 4.72 Å². The third kappa shape index (κ3) is 5.16. The second kappa shape index (κ2) is 9.56. The Hall–Kier alpha value is -3.02. The summed E-state index contributed by atoms with van der Waals surface area (Å²) >= 11 is 2.13. The van der Waals surface area contributed by atoms with Gasteiger partial charge < -0.3 is 20.3 Å². The van der Waals surface area contributed by atoms with Gasteiger partial charge in [-0.2, -0.15) is 0 Å². The van der Waals surface area contributed by atoms with Gasteiger partial charge in [0.1, 0.15) is 12.4 Å². The van der Waals surface area contributed by atoms with E-state index in [2.05, 4.69) is 32.6 Å². The van der Waals surface area contributed by atoms with Crippen LogP contribution in [-0.2, 0) is 16.4 Å². The van der Waals surface area contributed by atoms with Crippen LogP contribution in [0.25, 0.3) is 10.8 Å². The van der Waals surface area contributed by atoms with Gasteiger partial charge >= 0.3 is 0 Å². The van der Waals surface area contributed by atoms with Crippen LogP contribution < -0.4 is 14.8 Å². The van der Waals surface area contributed by atoms with Crippen LogP contribution in [0, 0.1) is 3.57 Å². The Bertz CT molecular complexity index is 1510. The minimum atomic E-state index is -3.68. The zero-order chi connectivity index (χ0) is 24.6. The molecule has 1 unspecified atom stereocenters. The molecule has 0 radical (unpaired) electrons. The lowest BCUT2D eigenvalue weighted by atomic mass is 9.94. The number of halogens is 1. The predicted molar refractivity (Wildman–Crippen MR) is 144 cm³/mol. The van der Waals surface area contributed by atoms with Crippen molar-refractivity contribution in [2.45, 2.75) is 17.4 Å². The molecule has 0 fully saturated rings. The molecule has 5 rings (SSSR count). The molecule has 0 spiro atoms. The summed E-state index contributed by atoms with van der Waals surface area (Å²) in [7, 11) is -3.68. The average molecular weight is 602 g/mol. The Balaban J connectivity index is 1.30. The Kier molecular flexibility index (Phi) is 6.47. The highest BCUT2D eigenvalue weighted by Crippen LogP contribution is 2.34. The molecule has 1 aliphatic heterocycles. The highest BCUT2D eigenvalue weighted by atomic mass is 127. The molecule has 1 aliphatic rings. The number of aromatic hydroxyl groups is 2. The first-order chi connectivity index (χ1) is 16.8. The number of benzene rings is 4. The monoisotopic (exact) mass is 602 g/mol. The minimum absolute atomic E-state index is 0.111. The number of rotatable bonds is 6. The van der Waals surface area contributed by atoms with Crippen LogP contribution in [0.4, 0.5) is 5.69 Å². The summed E-state index contributed by atoms with van der Waals surface area (Å²) in [6.07, 6.45) is 0.769. The highest BCUT2D eigenvalue weighted by Gasteiger charge is 2.22. The van der Waals surface area contributed by atoms with Crippen molar-refractivity contribution < 1.29 is 23.4 Å².